The van der Waals surface area contributed by atoms with E-state index >= 15 is 0 Å². The number of esters is 1. The number of amides is 1. The van der Waals surface area contributed by atoms with Gasteiger partial charge in [0.05, 0.1) is 17.9 Å². The van der Waals surface area contributed by atoms with Gasteiger partial charge in [-0.15, -0.1) is 11.8 Å². The quantitative estimate of drug-likeness (QED) is 0.488. The number of ether oxygens (including phenoxy) is 2. The number of carbonyl (C=O) groups is 3. The lowest BCUT2D eigenvalue weighted by molar-refractivity contribution is -0.129. The van der Waals surface area contributed by atoms with Gasteiger partial charge in [0, 0.05) is 22.1 Å². The molecule has 0 spiro atoms. The van der Waals surface area contributed by atoms with Crippen LogP contribution in [-0.4, -0.2) is 36.6 Å². The number of thioether (sulfide) groups is 1. The number of rotatable bonds is 8. The van der Waals surface area contributed by atoms with E-state index in [-0.39, 0.29) is 18.3 Å². The zero-order chi connectivity index (χ0) is 22.3. The van der Waals surface area contributed by atoms with Gasteiger partial charge in [0.25, 0.3) is 0 Å². The normalized spacial score (nSPS) is 12.0. The molecule has 0 saturated heterocycles. The molecule has 6 nitrogen and oxygen atoms in total. The van der Waals surface area contributed by atoms with Gasteiger partial charge in [0.2, 0.25) is 5.91 Å². The molecule has 2 aromatic rings. The van der Waals surface area contributed by atoms with Crippen LogP contribution in [0, 0.1) is 5.41 Å². The summed E-state index contributed by atoms with van der Waals surface area (Å²) in [4.78, 5) is 37.7. The molecule has 1 amide bonds. The Balaban J connectivity index is 2.04. The number of hydrogen-bond acceptors (Lipinski definition) is 6. The van der Waals surface area contributed by atoms with Gasteiger partial charge in [-0.2, -0.15) is 0 Å². The minimum atomic E-state index is -0.587. The molecule has 0 radical (unpaired) electrons. The summed E-state index contributed by atoms with van der Waals surface area (Å²) in [6.45, 7) is 6.79. The minimum Gasteiger partial charge on any atom is -0.497 e. The van der Waals surface area contributed by atoms with Crippen LogP contribution in [-0.2, 0) is 14.3 Å². The van der Waals surface area contributed by atoms with Crippen molar-refractivity contribution in [1.82, 2.24) is 0 Å². The van der Waals surface area contributed by atoms with Gasteiger partial charge in [-0.25, -0.2) is 4.79 Å². The van der Waals surface area contributed by atoms with Crippen LogP contribution in [0.25, 0.3) is 0 Å². The fraction of sp³-hybridized carbons (Fsp3) is 0.348. The number of carbonyl (C=O) groups excluding carboxylic acids is 3. The van der Waals surface area contributed by atoms with E-state index in [2.05, 4.69) is 5.32 Å². The summed E-state index contributed by atoms with van der Waals surface area (Å²) in [6.07, 6.45) is 0. The Hall–Kier alpha value is -2.80. The predicted octanol–water partition coefficient (Wildman–Crippen LogP) is 4.59. The van der Waals surface area contributed by atoms with Crippen molar-refractivity contribution in [2.24, 2.45) is 5.41 Å². The summed E-state index contributed by atoms with van der Waals surface area (Å²) in [5.74, 6) is -0.312. The molecule has 0 fully saturated rings. The van der Waals surface area contributed by atoms with Crippen molar-refractivity contribution >= 4 is 35.1 Å². The Kier molecular flexibility index (Phi) is 8.06. The lowest BCUT2D eigenvalue weighted by Gasteiger charge is -2.17. The van der Waals surface area contributed by atoms with Gasteiger partial charge in [-0.1, -0.05) is 39.0 Å². The molecule has 160 valence electrons. The highest BCUT2D eigenvalue weighted by molar-refractivity contribution is 8.00. The van der Waals surface area contributed by atoms with Gasteiger partial charge in [-0.05, 0) is 31.2 Å². The summed E-state index contributed by atoms with van der Waals surface area (Å²) in [7, 11) is 1.56. The number of anilines is 1. The Morgan fingerprint density at radius 1 is 1.07 bits per heavy atom. The minimum absolute atomic E-state index is 0.160. The molecule has 2 rings (SSSR count). The summed E-state index contributed by atoms with van der Waals surface area (Å²) in [5, 5.41) is 2.37. The number of Topliss-reactive ketones (excluding diaryl/α,β-unsaturated/α-hetero) is 1. The molecule has 0 aromatic heterocycles. The lowest BCUT2D eigenvalue weighted by Crippen LogP contribution is -2.26. The van der Waals surface area contributed by atoms with Gasteiger partial charge < -0.3 is 14.8 Å². The van der Waals surface area contributed by atoms with Crippen molar-refractivity contribution in [3.63, 3.8) is 0 Å². The molecule has 7 heteroatoms. The van der Waals surface area contributed by atoms with E-state index in [9.17, 15) is 14.4 Å². The Bertz CT molecular complexity index is 920. The lowest BCUT2D eigenvalue weighted by atomic mass is 9.91. The molecule has 0 heterocycles. The second-order valence-electron chi connectivity index (χ2n) is 7.73. The van der Waals surface area contributed by atoms with Crippen molar-refractivity contribution in [2.75, 3.05) is 19.0 Å². The monoisotopic (exact) mass is 429 g/mol. The zero-order valence-corrected chi connectivity index (χ0v) is 18.7. The number of ketones is 1. The first-order valence-electron chi connectivity index (χ1n) is 9.53. The molecule has 2 aromatic carbocycles. The molecule has 1 N–H and O–H groups in total. The summed E-state index contributed by atoms with van der Waals surface area (Å²) in [6, 6.07) is 14.0. The molecule has 0 aliphatic carbocycles. The van der Waals surface area contributed by atoms with Crippen LogP contribution in [0.4, 0.5) is 5.69 Å². The van der Waals surface area contributed by atoms with E-state index in [0.29, 0.717) is 21.9 Å². The Morgan fingerprint density at radius 2 is 1.77 bits per heavy atom. The van der Waals surface area contributed by atoms with Crippen LogP contribution in [0.1, 0.15) is 38.1 Å². The summed E-state index contributed by atoms with van der Waals surface area (Å²) < 4.78 is 10.4. The summed E-state index contributed by atoms with van der Waals surface area (Å²) in [5.41, 5.74) is 0.367. The Morgan fingerprint density at radius 3 is 2.43 bits per heavy atom. The molecular formula is C23H27NO5S. The fourth-order valence-electron chi connectivity index (χ4n) is 2.35. The molecule has 0 aliphatic heterocycles. The van der Waals surface area contributed by atoms with E-state index in [4.69, 9.17) is 9.47 Å². The second kappa shape index (κ2) is 10.3. The third-order valence-corrected chi connectivity index (χ3v) is 5.47. The highest BCUT2D eigenvalue weighted by atomic mass is 32.2. The molecule has 1 atom stereocenters. The van der Waals surface area contributed by atoms with Crippen LogP contribution in [0.5, 0.6) is 5.75 Å². The maximum Gasteiger partial charge on any atom is 0.339 e. The molecule has 0 bridgehead atoms. The van der Waals surface area contributed by atoms with Crippen molar-refractivity contribution in [3.05, 3.63) is 54.1 Å². The van der Waals surface area contributed by atoms with E-state index in [1.807, 2.05) is 0 Å². The van der Waals surface area contributed by atoms with E-state index < -0.39 is 16.6 Å². The van der Waals surface area contributed by atoms with Crippen molar-refractivity contribution < 1.29 is 23.9 Å². The fourth-order valence-corrected chi connectivity index (χ4v) is 3.33. The first-order valence-corrected chi connectivity index (χ1v) is 10.4. The zero-order valence-electron chi connectivity index (χ0n) is 17.9. The van der Waals surface area contributed by atoms with Crippen molar-refractivity contribution in [2.45, 2.75) is 37.8 Å². The maximum atomic E-state index is 12.6. The number of nitrogens with one attached hydrogen (secondary N) is 1. The third-order valence-electron chi connectivity index (χ3n) is 4.29. The third kappa shape index (κ3) is 6.62. The molecule has 30 heavy (non-hydrogen) atoms. The van der Waals surface area contributed by atoms with Crippen LogP contribution in [0.2, 0.25) is 0 Å². The molecule has 1 unspecified atom stereocenters. The van der Waals surface area contributed by atoms with Gasteiger partial charge in [0.15, 0.2) is 12.4 Å². The Labute approximate surface area is 181 Å². The highest BCUT2D eigenvalue weighted by Gasteiger charge is 2.24. The molecule has 0 aliphatic rings. The average Bonchev–Trinajstić information content (AvgIpc) is 2.71. The van der Waals surface area contributed by atoms with E-state index in [0.717, 1.165) is 0 Å². The number of benzene rings is 2. The highest BCUT2D eigenvalue weighted by Crippen LogP contribution is 2.29. The second-order valence-corrected chi connectivity index (χ2v) is 9.11. The first kappa shape index (κ1) is 23.5. The maximum absolute atomic E-state index is 12.6. The van der Waals surface area contributed by atoms with E-state index in [1.165, 1.54) is 11.8 Å². The SMILES string of the molecule is COc1cccc(NC(=O)C(C)Sc2ccccc2C(=O)OCC(=O)C(C)(C)C)c1. The average molecular weight is 430 g/mol. The van der Waals surface area contributed by atoms with Crippen molar-refractivity contribution in [3.8, 4) is 5.75 Å². The topological polar surface area (TPSA) is 81.7 Å². The van der Waals surface area contributed by atoms with E-state index in [1.54, 1.807) is 83.3 Å². The predicted molar refractivity (Wildman–Crippen MR) is 118 cm³/mol. The summed E-state index contributed by atoms with van der Waals surface area (Å²) >= 11 is 1.25. The van der Waals surface area contributed by atoms with Crippen LogP contribution >= 0.6 is 11.8 Å². The number of methoxy groups -OCH3 is 1. The molecule has 0 saturated carbocycles. The van der Waals surface area contributed by atoms with Gasteiger partial charge >= 0.3 is 5.97 Å². The first-order chi connectivity index (χ1) is 14.1. The molecular weight excluding hydrogens is 402 g/mol. The van der Waals surface area contributed by atoms with Crippen LogP contribution in [0.3, 0.4) is 0 Å². The standard InChI is InChI=1S/C23H27NO5S/c1-15(21(26)24-16-9-8-10-17(13-16)28-5)30-19-12-7-6-11-18(19)22(27)29-14-20(25)23(2,3)4/h6-13,15H,14H2,1-5H3,(H,24,26). The van der Waals surface area contributed by atoms with Crippen LogP contribution in [0.15, 0.2) is 53.4 Å². The van der Waals surface area contributed by atoms with Gasteiger partial charge in [-0.3, -0.25) is 9.59 Å². The largest absolute Gasteiger partial charge is 0.497 e. The number of hydrogen-bond donors (Lipinski definition) is 1. The van der Waals surface area contributed by atoms with Crippen LogP contribution < -0.4 is 10.1 Å². The van der Waals surface area contributed by atoms with Gasteiger partial charge in [0.1, 0.15) is 5.75 Å². The smallest absolute Gasteiger partial charge is 0.339 e. The van der Waals surface area contributed by atoms with Crippen molar-refractivity contribution in [1.29, 1.82) is 0 Å².